The van der Waals surface area contributed by atoms with Gasteiger partial charge in [0, 0.05) is 24.7 Å². The Balaban J connectivity index is 2.58. The van der Waals surface area contributed by atoms with Crippen molar-refractivity contribution in [2.24, 2.45) is 11.1 Å². The van der Waals surface area contributed by atoms with E-state index in [1.165, 1.54) is 12.1 Å². The second-order valence-electron chi connectivity index (χ2n) is 4.95. The van der Waals surface area contributed by atoms with E-state index in [4.69, 9.17) is 11.1 Å². The molecule has 3 N–H and O–H groups in total. The summed E-state index contributed by atoms with van der Waals surface area (Å²) in [5.74, 6) is -0.0313. The smallest absolute Gasteiger partial charge is 0.123 e. The highest BCUT2D eigenvalue weighted by Gasteiger charge is 2.21. The van der Waals surface area contributed by atoms with E-state index >= 15 is 0 Å². The first kappa shape index (κ1) is 13.5. The van der Waals surface area contributed by atoms with Crippen LogP contribution in [-0.4, -0.2) is 19.4 Å². The first-order chi connectivity index (χ1) is 7.83. The van der Waals surface area contributed by atoms with Crippen molar-refractivity contribution in [2.45, 2.75) is 20.3 Å². The van der Waals surface area contributed by atoms with Crippen LogP contribution in [0.4, 0.5) is 10.1 Å². The molecule has 94 valence electrons. The summed E-state index contributed by atoms with van der Waals surface area (Å²) >= 11 is 0. The van der Waals surface area contributed by atoms with Crippen molar-refractivity contribution in [2.75, 3.05) is 18.5 Å². The van der Waals surface area contributed by atoms with Crippen LogP contribution >= 0.6 is 0 Å². The van der Waals surface area contributed by atoms with Crippen molar-refractivity contribution < 1.29 is 4.39 Å². The van der Waals surface area contributed by atoms with Crippen LogP contribution in [0, 0.1) is 16.6 Å². The number of benzene rings is 1. The Morgan fingerprint density at radius 2 is 1.88 bits per heavy atom. The molecule has 0 fully saturated rings. The van der Waals surface area contributed by atoms with Gasteiger partial charge in [-0.05, 0) is 30.7 Å². The van der Waals surface area contributed by atoms with Crippen LogP contribution in [0.2, 0.25) is 0 Å². The Morgan fingerprint density at radius 1 is 1.35 bits per heavy atom. The summed E-state index contributed by atoms with van der Waals surface area (Å²) in [7, 11) is 1.95. The number of hydrogen-bond donors (Lipinski definition) is 2. The van der Waals surface area contributed by atoms with Gasteiger partial charge in [-0.3, -0.25) is 5.41 Å². The Bertz CT molecular complexity index is 384. The SMILES string of the molecule is CN(CCC(C)(C)C(=N)N)c1ccc(F)cc1. The summed E-state index contributed by atoms with van der Waals surface area (Å²) < 4.78 is 12.8. The van der Waals surface area contributed by atoms with Gasteiger partial charge in [-0.1, -0.05) is 13.8 Å². The van der Waals surface area contributed by atoms with E-state index in [1.807, 2.05) is 25.8 Å². The lowest BCUT2D eigenvalue weighted by Gasteiger charge is -2.27. The Kier molecular flexibility index (Phi) is 4.10. The monoisotopic (exact) mass is 237 g/mol. The van der Waals surface area contributed by atoms with E-state index in [2.05, 4.69) is 0 Å². The van der Waals surface area contributed by atoms with Gasteiger partial charge in [0.25, 0.3) is 0 Å². The average molecular weight is 237 g/mol. The fourth-order valence-electron chi connectivity index (χ4n) is 1.41. The maximum Gasteiger partial charge on any atom is 0.123 e. The Hall–Kier alpha value is -1.58. The highest BCUT2D eigenvalue weighted by molar-refractivity contribution is 5.82. The van der Waals surface area contributed by atoms with Crippen LogP contribution in [0.3, 0.4) is 0 Å². The van der Waals surface area contributed by atoms with Gasteiger partial charge < -0.3 is 10.6 Å². The molecule has 1 rings (SSSR count). The highest BCUT2D eigenvalue weighted by atomic mass is 19.1. The minimum Gasteiger partial charge on any atom is -0.387 e. The highest BCUT2D eigenvalue weighted by Crippen LogP contribution is 2.22. The van der Waals surface area contributed by atoms with Gasteiger partial charge in [0.1, 0.15) is 5.82 Å². The molecule has 0 radical (unpaired) electrons. The third kappa shape index (κ3) is 3.73. The lowest BCUT2D eigenvalue weighted by Crippen LogP contribution is -2.34. The van der Waals surface area contributed by atoms with Gasteiger partial charge in [0.15, 0.2) is 0 Å². The molecular formula is C13H20FN3. The zero-order chi connectivity index (χ0) is 13.1. The van der Waals surface area contributed by atoms with Crippen LogP contribution in [0.25, 0.3) is 0 Å². The predicted octanol–water partition coefficient (Wildman–Crippen LogP) is 2.61. The second-order valence-corrected chi connectivity index (χ2v) is 4.95. The van der Waals surface area contributed by atoms with E-state index in [0.29, 0.717) is 0 Å². The number of halogens is 1. The fourth-order valence-corrected chi connectivity index (χ4v) is 1.41. The van der Waals surface area contributed by atoms with Gasteiger partial charge in [-0.25, -0.2) is 4.39 Å². The number of amidine groups is 1. The summed E-state index contributed by atoms with van der Waals surface area (Å²) in [6.45, 7) is 4.68. The quantitative estimate of drug-likeness (QED) is 0.611. The molecule has 0 aliphatic carbocycles. The van der Waals surface area contributed by atoms with Gasteiger partial charge >= 0.3 is 0 Å². The van der Waals surface area contributed by atoms with Crippen LogP contribution < -0.4 is 10.6 Å². The Labute approximate surface area is 102 Å². The molecule has 0 aromatic heterocycles. The first-order valence-corrected chi connectivity index (χ1v) is 5.64. The van der Waals surface area contributed by atoms with Gasteiger partial charge in [0.2, 0.25) is 0 Å². The molecule has 0 atom stereocenters. The summed E-state index contributed by atoms with van der Waals surface area (Å²) in [5.41, 5.74) is 6.20. The number of rotatable bonds is 5. The molecule has 0 spiro atoms. The summed E-state index contributed by atoms with van der Waals surface area (Å²) in [6.07, 6.45) is 0.788. The molecule has 0 aliphatic rings. The molecule has 3 nitrogen and oxygen atoms in total. The molecule has 17 heavy (non-hydrogen) atoms. The maximum absolute atomic E-state index is 12.8. The molecule has 0 heterocycles. The van der Waals surface area contributed by atoms with E-state index < -0.39 is 0 Å². The fraction of sp³-hybridized carbons (Fsp3) is 0.462. The average Bonchev–Trinajstić information content (AvgIpc) is 2.27. The van der Waals surface area contributed by atoms with Crippen LogP contribution in [0.5, 0.6) is 0 Å². The van der Waals surface area contributed by atoms with Crippen molar-refractivity contribution >= 4 is 11.5 Å². The van der Waals surface area contributed by atoms with E-state index in [9.17, 15) is 4.39 Å². The molecule has 0 bridgehead atoms. The Morgan fingerprint density at radius 3 is 2.35 bits per heavy atom. The number of nitrogens with one attached hydrogen (secondary N) is 1. The lowest BCUT2D eigenvalue weighted by atomic mass is 9.88. The van der Waals surface area contributed by atoms with E-state index in [0.717, 1.165) is 18.7 Å². The number of nitrogens with zero attached hydrogens (tertiary/aromatic N) is 1. The van der Waals surface area contributed by atoms with Crippen LogP contribution in [-0.2, 0) is 0 Å². The van der Waals surface area contributed by atoms with Crippen molar-refractivity contribution in [1.29, 1.82) is 5.41 Å². The molecule has 0 unspecified atom stereocenters. The zero-order valence-corrected chi connectivity index (χ0v) is 10.6. The third-order valence-electron chi connectivity index (χ3n) is 3.07. The number of nitrogens with two attached hydrogens (primary N) is 1. The molecular weight excluding hydrogens is 217 g/mol. The van der Waals surface area contributed by atoms with Crippen LogP contribution in [0.15, 0.2) is 24.3 Å². The van der Waals surface area contributed by atoms with Crippen molar-refractivity contribution in [3.8, 4) is 0 Å². The molecule has 0 amide bonds. The molecule has 0 saturated heterocycles. The molecule has 0 aliphatic heterocycles. The summed E-state index contributed by atoms with van der Waals surface area (Å²) in [5, 5.41) is 7.48. The van der Waals surface area contributed by atoms with Gasteiger partial charge in [0.05, 0.1) is 5.84 Å². The zero-order valence-electron chi connectivity index (χ0n) is 10.6. The third-order valence-corrected chi connectivity index (χ3v) is 3.07. The van der Waals surface area contributed by atoms with Crippen molar-refractivity contribution in [3.63, 3.8) is 0 Å². The van der Waals surface area contributed by atoms with Crippen molar-refractivity contribution in [1.82, 2.24) is 0 Å². The topological polar surface area (TPSA) is 53.1 Å². The molecule has 4 heteroatoms. The minimum atomic E-state index is -0.297. The number of hydrogen-bond acceptors (Lipinski definition) is 2. The van der Waals surface area contributed by atoms with E-state index in [-0.39, 0.29) is 17.1 Å². The van der Waals surface area contributed by atoms with Gasteiger partial charge in [-0.2, -0.15) is 0 Å². The predicted molar refractivity (Wildman–Crippen MR) is 70.0 cm³/mol. The lowest BCUT2D eigenvalue weighted by molar-refractivity contribution is 0.471. The van der Waals surface area contributed by atoms with Gasteiger partial charge in [-0.15, -0.1) is 0 Å². The van der Waals surface area contributed by atoms with Crippen LogP contribution in [0.1, 0.15) is 20.3 Å². The standard InChI is InChI=1S/C13H20FN3/c1-13(2,12(15)16)8-9-17(3)11-6-4-10(14)5-7-11/h4-7H,8-9H2,1-3H3,(H3,15,16). The number of anilines is 1. The summed E-state index contributed by atoms with van der Waals surface area (Å²) in [4.78, 5) is 2.03. The second kappa shape index (κ2) is 5.17. The minimum absolute atomic E-state index is 0.199. The largest absolute Gasteiger partial charge is 0.387 e. The summed E-state index contributed by atoms with van der Waals surface area (Å²) in [6, 6.07) is 6.39. The molecule has 0 saturated carbocycles. The van der Waals surface area contributed by atoms with Crippen molar-refractivity contribution in [3.05, 3.63) is 30.1 Å². The molecule has 1 aromatic rings. The normalized spacial score (nSPS) is 11.3. The molecule has 1 aromatic carbocycles. The maximum atomic E-state index is 12.8. The first-order valence-electron chi connectivity index (χ1n) is 5.64. The van der Waals surface area contributed by atoms with E-state index in [1.54, 1.807) is 12.1 Å².